The van der Waals surface area contributed by atoms with Crippen LogP contribution in [0.5, 0.6) is 0 Å². The van der Waals surface area contributed by atoms with Gasteiger partial charge in [-0.2, -0.15) is 0 Å². The van der Waals surface area contributed by atoms with Crippen LogP contribution in [0, 0.1) is 11.8 Å². The second-order valence-electron chi connectivity index (χ2n) is 7.79. The van der Waals surface area contributed by atoms with E-state index in [0.717, 1.165) is 44.8 Å². The molecule has 0 aromatic carbocycles. The lowest BCUT2D eigenvalue weighted by Gasteiger charge is -2.34. The Morgan fingerprint density at radius 3 is 2.61 bits per heavy atom. The lowest BCUT2D eigenvalue weighted by molar-refractivity contribution is -0.126. The molecule has 4 heteroatoms. The standard InChI is InChI=1S/C19H37N3O.H2/c1-4-11-21-12-5-6-17(15-21)7-10-20-19(23)18-8-13-22(14-9-18)16(2)3;/h16-18H,4-15H2,1-3H3,(H,20,23);1H. The molecule has 2 heterocycles. The first kappa shape index (κ1) is 18.7. The quantitative estimate of drug-likeness (QED) is 0.781. The summed E-state index contributed by atoms with van der Waals surface area (Å²) >= 11 is 0. The Morgan fingerprint density at radius 1 is 1.22 bits per heavy atom. The number of piperidine rings is 2. The molecule has 1 N–H and O–H groups in total. The predicted octanol–water partition coefficient (Wildman–Crippen LogP) is 2.98. The van der Waals surface area contributed by atoms with Gasteiger partial charge in [0.1, 0.15) is 0 Å². The van der Waals surface area contributed by atoms with E-state index >= 15 is 0 Å². The number of hydrogen-bond acceptors (Lipinski definition) is 3. The molecule has 2 saturated heterocycles. The minimum atomic E-state index is 0. The molecular formula is C19H39N3O. The van der Waals surface area contributed by atoms with Crippen molar-refractivity contribution < 1.29 is 6.22 Å². The Balaban J connectivity index is 0.00000288. The van der Waals surface area contributed by atoms with E-state index < -0.39 is 0 Å². The first-order valence-corrected chi connectivity index (χ1v) is 9.84. The van der Waals surface area contributed by atoms with Gasteiger partial charge in [-0.3, -0.25) is 4.79 Å². The van der Waals surface area contributed by atoms with E-state index in [0.29, 0.717) is 11.9 Å². The van der Waals surface area contributed by atoms with Crippen molar-refractivity contribution in [3.63, 3.8) is 0 Å². The van der Waals surface area contributed by atoms with Crippen LogP contribution in [0.1, 0.15) is 60.7 Å². The normalized spacial score (nSPS) is 25.0. The van der Waals surface area contributed by atoms with Gasteiger partial charge in [-0.15, -0.1) is 0 Å². The molecule has 0 aromatic heterocycles. The SMILES string of the molecule is CCCN1CCCC(CCNC(=O)C2CCN(C(C)C)CC2)C1.[HH]. The van der Waals surface area contributed by atoms with E-state index in [2.05, 4.69) is 35.9 Å². The van der Waals surface area contributed by atoms with Crippen molar-refractivity contribution in [3.05, 3.63) is 0 Å². The number of nitrogens with zero attached hydrogens (tertiary/aromatic N) is 2. The highest BCUT2D eigenvalue weighted by Gasteiger charge is 2.26. The molecule has 2 aliphatic rings. The molecular weight excluding hydrogens is 286 g/mol. The number of amides is 1. The van der Waals surface area contributed by atoms with E-state index in [1.807, 2.05) is 0 Å². The van der Waals surface area contributed by atoms with Gasteiger partial charge in [0.05, 0.1) is 0 Å². The van der Waals surface area contributed by atoms with Crippen molar-refractivity contribution in [2.45, 2.75) is 65.3 Å². The lowest BCUT2D eigenvalue weighted by Crippen LogP contribution is -2.43. The largest absolute Gasteiger partial charge is 0.356 e. The van der Waals surface area contributed by atoms with Crippen LogP contribution in [0.25, 0.3) is 0 Å². The zero-order valence-corrected chi connectivity index (χ0v) is 15.5. The summed E-state index contributed by atoms with van der Waals surface area (Å²) < 4.78 is 0. The molecule has 0 radical (unpaired) electrons. The fraction of sp³-hybridized carbons (Fsp3) is 0.947. The summed E-state index contributed by atoms with van der Waals surface area (Å²) in [5.41, 5.74) is 0. The lowest BCUT2D eigenvalue weighted by atomic mass is 9.93. The summed E-state index contributed by atoms with van der Waals surface area (Å²) in [6, 6.07) is 0.608. The zero-order chi connectivity index (χ0) is 16.7. The molecule has 0 saturated carbocycles. The maximum atomic E-state index is 12.3. The molecule has 0 spiro atoms. The predicted molar refractivity (Wildman–Crippen MR) is 98.6 cm³/mol. The number of rotatable bonds is 7. The molecule has 1 amide bonds. The molecule has 4 nitrogen and oxygen atoms in total. The Bertz CT molecular complexity index is 355. The summed E-state index contributed by atoms with van der Waals surface area (Å²) in [4.78, 5) is 17.4. The minimum Gasteiger partial charge on any atom is -0.356 e. The van der Waals surface area contributed by atoms with Crippen LogP contribution in [0.4, 0.5) is 0 Å². The topological polar surface area (TPSA) is 35.6 Å². The Hall–Kier alpha value is -0.610. The van der Waals surface area contributed by atoms with Gasteiger partial charge in [-0.05, 0) is 84.5 Å². The summed E-state index contributed by atoms with van der Waals surface area (Å²) in [5.74, 6) is 1.32. The molecule has 2 aliphatic heterocycles. The maximum absolute atomic E-state index is 12.3. The molecule has 136 valence electrons. The Labute approximate surface area is 144 Å². The van der Waals surface area contributed by atoms with Crippen molar-refractivity contribution in [1.82, 2.24) is 15.1 Å². The van der Waals surface area contributed by atoms with E-state index in [-0.39, 0.29) is 7.34 Å². The smallest absolute Gasteiger partial charge is 0.223 e. The van der Waals surface area contributed by atoms with E-state index in [9.17, 15) is 4.79 Å². The van der Waals surface area contributed by atoms with Crippen LogP contribution in [0.3, 0.4) is 0 Å². The van der Waals surface area contributed by atoms with Crippen molar-refractivity contribution in [1.29, 1.82) is 0 Å². The van der Waals surface area contributed by atoms with E-state index in [1.165, 1.54) is 38.9 Å². The zero-order valence-electron chi connectivity index (χ0n) is 15.5. The molecule has 2 fully saturated rings. The summed E-state index contributed by atoms with van der Waals surface area (Å²) in [6.45, 7) is 13.5. The number of carbonyl (C=O) groups is 1. The highest BCUT2D eigenvalue weighted by molar-refractivity contribution is 5.78. The van der Waals surface area contributed by atoms with Crippen molar-refractivity contribution in [2.75, 3.05) is 39.3 Å². The van der Waals surface area contributed by atoms with Crippen LogP contribution in [-0.2, 0) is 4.79 Å². The average molecular weight is 326 g/mol. The van der Waals surface area contributed by atoms with Crippen LogP contribution in [0.15, 0.2) is 0 Å². The highest BCUT2D eigenvalue weighted by atomic mass is 16.1. The van der Waals surface area contributed by atoms with Gasteiger partial charge in [-0.1, -0.05) is 6.92 Å². The minimum absolute atomic E-state index is 0. The molecule has 2 rings (SSSR count). The first-order chi connectivity index (χ1) is 11.1. The third-order valence-corrected chi connectivity index (χ3v) is 5.63. The van der Waals surface area contributed by atoms with Gasteiger partial charge >= 0.3 is 0 Å². The first-order valence-electron chi connectivity index (χ1n) is 9.84. The number of likely N-dealkylation sites (tertiary alicyclic amines) is 2. The third kappa shape index (κ3) is 6.07. The maximum Gasteiger partial charge on any atom is 0.223 e. The van der Waals surface area contributed by atoms with Crippen LogP contribution >= 0.6 is 0 Å². The average Bonchev–Trinajstić information content (AvgIpc) is 2.55. The molecule has 0 bridgehead atoms. The summed E-state index contributed by atoms with van der Waals surface area (Å²) in [6.07, 6.45) is 7.11. The molecule has 23 heavy (non-hydrogen) atoms. The molecule has 0 aromatic rings. The van der Waals surface area contributed by atoms with Gasteiger partial charge in [-0.25, -0.2) is 0 Å². The Morgan fingerprint density at radius 2 is 1.96 bits per heavy atom. The fourth-order valence-corrected chi connectivity index (χ4v) is 4.13. The van der Waals surface area contributed by atoms with Crippen LogP contribution in [0.2, 0.25) is 0 Å². The summed E-state index contributed by atoms with van der Waals surface area (Å²) in [5, 5.41) is 3.21. The number of hydrogen-bond donors (Lipinski definition) is 1. The van der Waals surface area contributed by atoms with E-state index in [4.69, 9.17) is 0 Å². The van der Waals surface area contributed by atoms with Crippen LogP contribution < -0.4 is 5.32 Å². The van der Waals surface area contributed by atoms with Crippen molar-refractivity contribution in [3.8, 4) is 0 Å². The monoisotopic (exact) mass is 325 g/mol. The van der Waals surface area contributed by atoms with E-state index in [1.54, 1.807) is 0 Å². The second-order valence-corrected chi connectivity index (χ2v) is 7.79. The van der Waals surface area contributed by atoms with Gasteiger partial charge < -0.3 is 15.1 Å². The van der Waals surface area contributed by atoms with Gasteiger partial charge in [0, 0.05) is 26.5 Å². The third-order valence-electron chi connectivity index (χ3n) is 5.63. The Kier molecular flexibility index (Phi) is 7.84. The number of nitrogens with one attached hydrogen (secondary N) is 1. The van der Waals surface area contributed by atoms with Crippen molar-refractivity contribution >= 4 is 5.91 Å². The van der Waals surface area contributed by atoms with Gasteiger partial charge in [0.15, 0.2) is 0 Å². The van der Waals surface area contributed by atoms with Gasteiger partial charge in [0.2, 0.25) is 5.91 Å². The van der Waals surface area contributed by atoms with Crippen molar-refractivity contribution in [2.24, 2.45) is 11.8 Å². The molecule has 1 unspecified atom stereocenters. The van der Waals surface area contributed by atoms with Gasteiger partial charge in [0.25, 0.3) is 0 Å². The molecule has 1 atom stereocenters. The highest BCUT2D eigenvalue weighted by Crippen LogP contribution is 2.21. The number of carbonyl (C=O) groups excluding carboxylic acids is 1. The van der Waals surface area contributed by atoms with Crippen LogP contribution in [-0.4, -0.2) is 61.0 Å². The fourth-order valence-electron chi connectivity index (χ4n) is 4.13. The second kappa shape index (κ2) is 9.63. The summed E-state index contributed by atoms with van der Waals surface area (Å²) in [7, 11) is 0. The molecule has 0 aliphatic carbocycles.